The lowest BCUT2D eigenvalue weighted by molar-refractivity contribution is -0.141. The fourth-order valence-electron chi connectivity index (χ4n) is 2.74. The number of carbonyl (C=O) groups excluding carboxylic acids is 2. The maximum absolute atomic E-state index is 12.2. The van der Waals surface area contributed by atoms with Gasteiger partial charge in [0.05, 0.1) is 6.61 Å². The molecule has 0 bridgehead atoms. The molecule has 134 valence electrons. The Labute approximate surface area is 144 Å². The summed E-state index contributed by atoms with van der Waals surface area (Å²) < 4.78 is 15.4. The van der Waals surface area contributed by atoms with Crippen molar-refractivity contribution in [2.45, 2.75) is 19.3 Å². The van der Waals surface area contributed by atoms with E-state index in [1.807, 2.05) is 18.2 Å². The minimum atomic E-state index is -0.474. The van der Waals surface area contributed by atoms with E-state index < -0.39 is 5.97 Å². The molecule has 0 aliphatic carbocycles. The third kappa shape index (κ3) is 3.93. The molecule has 9 nitrogen and oxygen atoms in total. The van der Waals surface area contributed by atoms with Crippen LogP contribution >= 0.6 is 0 Å². The zero-order valence-corrected chi connectivity index (χ0v) is 13.9. The van der Waals surface area contributed by atoms with Crippen LogP contribution in [-0.4, -0.2) is 49.3 Å². The van der Waals surface area contributed by atoms with Crippen molar-refractivity contribution in [1.29, 1.82) is 0 Å². The molecule has 1 aromatic carbocycles. The average molecular weight is 348 g/mol. The summed E-state index contributed by atoms with van der Waals surface area (Å²) in [5.74, 6) is 0.820. The first-order valence-corrected chi connectivity index (χ1v) is 7.99. The van der Waals surface area contributed by atoms with E-state index in [4.69, 9.17) is 19.9 Å². The number of nitrogens with two attached hydrogens (primary N) is 1. The van der Waals surface area contributed by atoms with Crippen molar-refractivity contribution < 1.29 is 23.8 Å². The standard InChI is InChI=1S/C16H20N4O5/c1-2-23-15(22)7-18-16(17)19-20-8-11(6-14(20)21)10-3-4-12-13(5-10)25-9-24-12/h3-5,11H,2,6-9H2,1H3,(H3,17,18,19). The molecule has 0 aromatic heterocycles. The number of aliphatic imine (C=N–C) groups is 1. The average Bonchev–Trinajstić information content (AvgIpc) is 3.19. The lowest BCUT2D eigenvalue weighted by atomic mass is 9.98. The van der Waals surface area contributed by atoms with Crippen molar-refractivity contribution in [2.24, 2.45) is 10.7 Å². The molecular formula is C16H20N4O5. The molecule has 1 amide bonds. The van der Waals surface area contributed by atoms with Crippen LogP contribution in [0.1, 0.15) is 24.8 Å². The Balaban J connectivity index is 1.59. The molecule has 1 atom stereocenters. The van der Waals surface area contributed by atoms with Crippen molar-refractivity contribution in [3.63, 3.8) is 0 Å². The number of hydrazine groups is 1. The first-order valence-electron chi connectivity index (χ1n) is 7.99. The molecular weight excluding hydrogens is 328 g/mol. The molecule has 1 aromatic rings. The predicted molar refractivity (Wildman–Crippen MR) is 87.9 cm³/mol. The summed E-state index contributed by atoms with van der Waals surface area (Å²) in [5.41, 5.74) is 9.43. The molecule has 0 saturated carbocycles. The van der Waals surface area contributed by atoms with E-state index in [9.17, 15) is 9.59 Å². The molecule has 2 heterocycles. The van der Waals surface area contributed by atoms with E-state index in [-0.39, 0.29) is 37.7 Å². The number of rotatable bonds is 5. The minimum absolute atomic E-state index is 0.00672. The number of nitrogens with zero attached hydrogens (tertiary/aromatic N) is 2. The van der Waals surface area contributed by atoms with E-state index in [1.54, 1.807) is 6.92 Å². The van der Waals surface area contributed by atoms with Crippen LogP contribution in [0, 0.1) is 0 Å². The topological polar surface area (TPSA) is 115 Å². The summed E-state index contributed by atoms with van der Waals surface area (Å²) in [6.45, 7) is 2.45. The zero-order chi connectivity index (χ0) is 17.8. The van der Waals surface area contributed by atoms with Crippen molar-refractivity contribution in [2.75, 3.05) is 26.5 Å². The number of esters is 1. The van der Waals surface area contributed by atoms with Gasteiger partial charge in [-0.3, -0.25) is 20.0 Å². The van der Waals surface area contributed by atoms with Gasteiger partial charge in [0, 0.05) is 18.9 Å². The van der Waals surface area contributed by atoms with Gasteiger partial charge in [0.15, 0.2) is 11.5 Å². The van der Waals surface area contributed by atoms with Crippen molar-refractivity contribution in [3.8, 4) is 11.5 Å². The van der Waals surface area contributed by atoms with Gasteiger partial charge in [-0.05, 0) is 24.6 Å². The van der Waals surface area contributed by atoms with Crippen LogP contribution in [0.5, 0.6) is 11.5 Å². The van der Waals surface area contributed by atoms with Crippen LogP contribution in [0.2, 0.25) is 0 Å². The smallest absolute Gasteiger partial charge is 0.327 e. The second-order valence-corrected chi connectivity index (χ2v) is 5.64. The monoisotopic (exact) mass is 348 g/mol. The summed E-state index contributed by atoms with van der Waals surface area (Å²) in [6, 6.07) is 5.66. The minimum Gasteiger partial charge on any atom is -0.465 e. The van der Waals surface area contributed by atoms with Crippen LogP contribution in [0.3, 0.4) is 0 Å². The van der Waals surface area contributed by atoms with E-state index in [0.717, 1.165) is 5.56 Å². The number of ether oxygens (including phenoxy) is 3. The van der Waals surface area contributed by atoms with Gasteiger partial charge in [-0.2, -0.15) is 0 Å². The molecule has 3 rings (SSSR count). The predicted octanol–water partition coefficient (Wildman–Crippen LogP) is 0.114. The Hall–Kier alpha value is -2.97. The molecule has 9 heteroatoms. The van der Waals surface area contributed by atoms with Crippen molar-refractivity contribution >= 4 is 17.8 Å². The lowest BCUT2D eigenvalue weighted by Crippen LogP contribution is -2.47. The Morgan fingerprint density at radius 1 is 1.44 bits per heavy atom. The molecule has 0 spiro atoms. The highest BCUT2D eigenvalue weighted by molar-refractivity contribution is 5.86. The maximum Gasteiger partial charge on any atom is 0.327 e. The second-order valence-electron chi connectivity index (χ2n) is 5.64. The second kappa shape index (κ2) is 7.29. The quantitative estimate of drug-likeness (QED) is 0.441. The summed E-state index contributed by atoms with van der Waals surface area (Å²) in [7, 11) is 0. The van der Waals surface area contributed by atoms with Crippen LogP contribution < -0.4 is 20.6 Å². The fourth-order valence-corrected chi connectivity index (χ4v) is 2.74. The van der Waals surface area contributed by atoms with Crippen LogP contribution in [0.25, 0.3) is 0 Å². The van der Waals surface area contributed by atoms with Gasteiger partial charge < -0.3 is 19.9 Å². The largest absolute Gasteiger partial charge is 0.465 e. The number of hydrogen-bond acceptors (Lipinski definition) is 6. The summed E-state index contributed by atoms with van der Waals surface area (Å²) >= 11 is 0. The molecule has 1 fully saturated rings. The molecule has 3 N–H and O–H groups in total. The maximum atomic E-state index is 12.2. The van der Waals surface area contributed by atoms with E-state index in [1.165, 1.54) is 5.01 Å². The molecule has 1 unspecified atom stereocenters. The van der Waals surface area contributed by atoms with Crippen molar-refractivity contribution in [3.05, 3.63) is 23.8 Å². The Bertz CT molecular complexity index is 706. The normalized spacial score (nSPS) is 19.2. The first kappa shape index (κ1) is 16.9. The Morgan fingerprint density at radius 3 is 3.04 bits per heavy atom. The highest BCUT2D eigenvalue weighted by Gasteiger charge is 2.32. The van der Waals surface area contributed by atoms with Gasteiger partial charge in [0.2, 0.25) is 18.7 Å². The van der Waals surface area contributed by atoms with E-state index in [2.05, 4.69) is 10.4 Å². The number of fused-ring (bicyclic) bond motifs is 1. The molecule has 0 radical (unpaired) electrons. The van der Waals surface area contributed by atoms with Gasteiger partial charge in [-0.25, -0.2) is 4.99 Å². The van der Waals surface area contributed by atoms with Gasteiger partial charge in [-0.1, -0.05) is 6.07 Å². The Kier molecular flexibility index (Phi) is 4.92. The zero-order valence-electron chi connectivity index (χ0n) is 13.9. The van der Waals surface area contributed by atoms with Crippen LogP contribution in [-0.2, 0) is 14.3 Å². The molecule has 2 aliphatic heterocycles. The molecule has 2 aliphatic rings. The summed E-state index contributed by atoms with van der Waals surface area (Å²) in [4.78, 5) is 27.3. The highest BCUT2D eigenvalue weighted by Crippen LogP contribution is 2.36. The van der Waals surface area contributed by atoms with Crippen molar-refractivity contribution in [1.82, 2.24) is 10.4 Å². The molecule has 1 saturated heterocycles. The summed E-state index contributed by atoms with van der Waals surface area (Å²) in [6.07, 6.45) is 0.345. The third-order valence-electron chi connectivity index (χ3n) is 3.93. The Morgan fingerprint density at radius 2 is 2.24 bits per heavy atom. The van der Waals surface area contributed by atoms with Gasteiger partial charge in [0.25, 0.3) is 0 Å². The lowest BCUT2D eigenvalue weighted by Gasteiger charge is -2.18. The van der Waals surface area contributed by atoms with Gasteiger partial charge in [0.1, 0.15) is 6.54 Å². The number of amides is 1. The van der Waals surface area contributed by atoms with E-state index >= 15 is 0 Å². The molecule has 25 heavy (non-hydrogen) atoms. The first-order chi connectivity index (χ1) is 12.1. The van der Waals surface area contributed by atoms with E-state index in [0.29, 0.717) is 24.5 Å². The van der Waals surface area contributed by atoms with Crippen LogP contribution in [0.4, 0.5) is 0 Å². The van der Waals surface area contributed by atoms with Crippen LogP contribution in [0.15, 0.2) is 23.2 Å². The number of guanidine groups is 1. The third-order valence-corrected chi connectivity index (χ3v) is 3.93. The van der Waals surface area contributed by atoms with Gasteiger partial charge in [-0.15, -0.1) is 0 Å². The number of hydrogen-bond donors (Lipinski definition) is 2. The fraction of sp³-hybridized carbons (Fsp3) is 0.438. The number of benzene rings is 1. The SMILES string of the molecule is CCOC(=O)CN=C(N)NN1CC(c2ccc3c(c2)OCO3)CC1=O. The summed E-state index contributed by atoms with van der Waals surface area (Å²) in [5, 5.41) is 1.40. The number of carbonyl (C=O) groups is 2. The highest BCUT2D eigenvalue weighted by atomic mass is 16.7. The number of nitrogens with one attached hydrogen (secondary N) is 1. The van der Waals surface area contributed by atoms with Gasteiger partial charge >= 0.3 is 5.97 Å².